The van der Waals surface area contributed by atoms with E-state index in [1.165, 1.54) is 11.2 Å². The van der Waals surface area contributed by atoms with Crippen LogP contribution in [0.4, 0.5) is 0 Å². The fourth-order valence-corrected chi connectivity index (χ4v) is 2.33. The first kappa shape index (κ1) is 12.9. The first-order valence-electron chi connectivity index (χ1n) is 4.38. The zero-order valence-corrected chi connectivity index (χ0v) is 9.50. The smallest absolute Gasteiger partial charge is 0.218 e. The Bertz CT molecular complexity index is 236. The quantitative estimate of drug-likeness (QED) is 0.708. The maximum Gasteiger partial charge on any atom is 0.218 e. The van der Waals surface area contributed by atoms with Crippen LogP contribution in [0.5, 0.6) is 0 Å². The normalized spacial score (nSPS) is 15.3. The lowest BCUT2D eigenvalue weighted by atomic mass is 10.2. The number of aliphatic hydroxyl groups is 1. The molecule has 80 valence electrons. The molecule has 0 aliphatic carbocycles. The zero-order chi connectivity index (χ0) is 10.6. The maximum atomic E-state index is 11.6. The van der Waals surface area contributed by atoms with Crippen molar-refractivity contribution in [3.8, 4) is 0 Å². The fraction of sp³-hybridized carbons (Fsp3) is 1.00. The Morgan fingerprint density at radius 2 is 1.77 bits per heavy atom. The molecule has 0 aliphatic heterocycles. The predicted molar refractivity (Wildman–Crippen MR) is 52.9 cm³/mol. The van der Waals surface area contributed by atoms with Crippen LogP contribution in [0.1, 0.15) is 20.8 Å². The summed E-state index contributed by atoms with van der Waals surface area (Å²) in [6, 6.07) is 0. The van der Waals surface area contributed by atoms with Crippen LogP contribution in [0.15, 0.2) is 0 Å². The molecular weight excluding hydrogens is 190 g/mol. The third-order valence-corrected chi connectivity index (χ3v) is 4.01. The molecule has 0 fully saturated rings. The Hall–Kier alpha value is -0.130. The second kappa shape index (κ2) is 4.93. The van der Waals surface area contributed by atoms with Crippen molar-refractivity contribution in [1.82, 2.24) is 4.31 Å². The van der Waals surface area contributed by atoms with E-state index in [-0.39, 0.29) is 6.61 Å². The number of aliphatic hydroxyl groups excluding tert-OH is 1. The van der Waals surface area contributed by atoms with Crippen molar-refractivity contribution in [2.24, 2.45) is 5.92 Å². The molecule has 0 rings (SSSR count). The van der Waals surface area contributed by atoms with E-state index < -0.39 is 15.3 Å². The van der Waals surface area contributed by atoms with E-state index in [4.69, 9.17) is 5.11 Å². The molecule has 0 aromatic carbocycles. The van der Waals surface area contributed by atoms with E-state index in [0.29, 0.717) is 12.5 Å². The second-order valence-electron chi connectivity index (χ2n) is 3.71. The van der Waals surface area contributed by atoms with E-state index in [0.717, 1.165) is 0 Å². The van der Waals surface area contributed by atoms with Crippen LogP contribution in [-0.2, 0) is 10.0 Å². The number of hydrogen-bond donors (Lipinski definition) is 1. The largest absolute Gasteiger partial charge is 0.395 e. The van der Waals surface area contributed by atoms with Gasteiger partial charge in [-0.3, -0.25) is 0 Å². The van der Waals surface area contributed by atoms with Crippen molar-refractivity contribution in [1.29, 1.82) is 0 Å². The van der Waals surface area contributed by atoms with Crippen molar-refractivity contribution in [2.45, 2.75) is 26.0 Å². The summed E-state index contributed by atoms with van der Waals surface area (Å²) in [5.41, 5.74) is 0. The van der Waals surface area contributed by atoms with Crippen LogP contribution in [0, 0.1) is 5.92 Å². The van der Waals surface area contributed by atoms with Gasteiger partial charge in [0, 0.05) is 13.6 Å². The number of hydrogen-bond acceptors (Lipinski definition) is 3. The van der Waals surface area contributed by atoms with E-state index in [1.54, 1.807) is 7.05 Å². The molecule has 1 N–H and O–H groups in total. The van der Waals surface area contributed by atoms with Crippen LogP contribution in [0.3, 0.4) is 0 Å². The monoisotopic (exact) mass is 209 g/mol. The lowest BCUT2D eigenvalue weighted by Gasteiger charge is -2.22. The van der Waals surface area contributed by atoms with Crippen molar-refractivity contribution in [2.75, 3.05) is 20.2 Å². The van der Waals surface area contributed by atoms with Crippen molar-refractivity contribution < 1.29 is 13.5 Å². The molecule has 0 heterocycles. The fourth-order valence-electron chi connectivity index (χ4n) is 1.02. The van der Waals surface area contributed by atoms with Gasteiger partial charge < -0.3 is 5.11 Å². The van der Waals surface area contributed by atoms with Gasteiger partial charge >= 0.3 is 0 Å². The summed E-state index contributed by atoms with van der Waals surface area (Å²) >= 11 is 0. The van der Waals surface area contributed by atoms with Gasteiger partial charge in [-0.1, -0.05) is 13.8 Å². The first-order valence-corrected chi connectivity index (χ1v) is 5.88. The molecule has 0 bridgehead atoms. The minimum Gasteiger partial charge on any atom is -0.395 e. The molecule has 0 saturated carbocycles. The second-order valence-corrected chi connectivity index (χ2v) is 6.17. The average molecular weight is 209 g/mol. The minimum absolute atomic E-state index is 0.297. The van der Waals surface area contributed by atoms with Crippen LogP contribution in [0.25, 0.3) is 0 Å². The zero-order valence-electron chi connectivity index (χ0n) is 8.69. The maximum absolute atomic E-state index is 11.6. The molecule has 0 amide bonds. The van der Waals surface area contributed by atoms with Gasteiger partial charge in [0.25, 0.3) is 0 Å². The van der Waals surface area contributed by atoms with E-state index in [9.17, 15) is 8.42 Å². The molecule has 5 heteroatoms. The highest BCUT2D eigenvalue weighted by Gasteiger charge is 2.25. The average Bonchev–Trinajstić information content (AvgIpc) is 2.01. The molecule has 1 unspecified atom stereocenters. The minimum atomic E-state index is -3.30. The third kappa shape index (κ3) is 3.62. The standard InChI is InChI=1S/C8H19NO3S/c1-7(2)5-9(4)13(11,12)8(3)6-10/h7-8,10H,5-6H2,1-4H3. The van der Waals surface area contributed by atoms with Crippen molar-refractivity contribution >= 4 is 10.0 Å². The van der Waals surface area contributed by atoms with E-state index in [1.807, 2.05) is 13.8 Å². The summed E-state index contributed by atoms with van der Waals surface area (Å²) in [5.74, 6) is 0.297. The molecule has 0 spiro atoms. The molecule has 0 aliphatic rings. The summed E-state index contributed by atoms with van der Waals surface area (Å²) in [4.78, 5) is 0. The predicted octanol–water partition coefficient (Wildman–Crippen LogP) is 0.285. The van der Waals surface area contributed by atoms with Crippen LogP contribution >= 0.6 is 0 Å². The Balaban J connectivity index is 4.46. The molecule has 0 aromatic rings. The summed E-state index contributed by atoms with van der Waals surface area (Å²) in [7, 11) is -1.76. The Morgan fingerprint density at radius 1 is 1.31 bits per heavy atom. The van der Waals surface area contributed by atoms with Gasteiger partial charge in [0.1, 0.15) is 0 Å². The summed E-state index contributed by atoms with van der Waals surface area (Å²) < 4.78 is 24.4. The van der Waals surface area contributed by atoms with Gasteiger partial charge in [0.05, 0.1) is 11.9 Å². The van der Waals surface area contributed by atoms with Gasteiger partial charge in [-0.05, 0) is 12.8 Å². The lowest BCUT2D eigenvalue weighted by Crippen LogP contribution is -2.38. The topological polar surface area (TPSA) is 57.6 Å². The number of sulfonamides is 1. The number of nitrogens with zero attached hydrogens (tertiary/aromatic N) is 1. The SMILES string of the molecule is CC(C)CN(C)S(=O)(=O)C(C)CO. The highest BCUT2D eigenvalue weighted by molar-refractivity contribution is 7.89. The summed E-state index contributed by atoms with van der Waals surface area (Å²) in [5, 5.41) is 8.04. The molecule has 4 nitrogen and oxygen atoms in total. The van der Waals surface area contributed by atoms with Gasteiger partial charge in [0.2, 0.25) is 10.0 Å². The molecule has 13 heavy (non-hydrogen) atoms. The van der Waals surface area contributed by atoms with Crippen LogP contribution in [-0.4, -0.2) is 43.3 Å². The van der Waals surface area contributed by atoms with Crippen molar-refractivity contribution in [3.63, 3.8) is 0 Å². The van der Waals surface area contributed by atoms with Crippen LogP contribution in [0.2, 0.25) is 0 Å². The Kier molecular flexibility index (Phi) is 4.88. The van der Waals surface area contributed by atoms with E-state index in [2.05, 4.69) is 0 Å². The molecule has 1 atom stereocenters. The summed E-state index contributed by atoms with van der Waals surface area (Å²) in [6.45, 7) is 5.58. The van der Waals surface area contributed by atoms with Crippen LogP contribution < -0.4 is 0 Å². The molecule has 0 saturated heterocycles. The summed E-state index contributed by atoms with van der Waals surface area (Å²) in [6.07, 6.45) is 0. The third-order valence-electron chi connectivity index (χ3n) is 1.82. The molecule has 0 radical (unpaired) electrons. The van der Waals surface area contributed by atoms with Gasteiger partial charge in [-0.25, -0.2) is 12.7 Å². The number of rotatable bonds is 5. The Labute approximate surface area is 80.6 Å². The van der Waals surface area contributed by atoms with Gasteiger partial charge in [-0.15, -0.1) is 0 Å². The van der Waals surface area contributed by atoms with Crippen molar-refractivity contribution in [3.05, 3.63) is 0 Å². The molecule has 0 aromatic heterocycles. The van der Waals surface area contributed by atoms with Gasteiger partial charge in [-0.2, -0.15) is 0 Å². The van der Waals surface area contributed by atoms with E-state index >= 15 is 0 Å². The highest BCUT2D eigenvalue weighted by atomic mass is 32.2. The Morgan fingerprint density at radius 3 is 2.08 bits per heavy atom. The highest BCUT2D eigenvalue weighted by Crippen LogP contribution is 2.08. The van der Waals surface area contributed by atoms with Gasteiger partial charge in [0.15, 0.2) is 0 Å². The molecular formula is C8H19NO3S. The lowest BCUT2D eigenvalue weighted by molar-refractivity contribution is 0.289. The first-order chi connectivity index (χ1) is 5.82.